The third-order valence-corrected chi connectivity index (χ3v) is 4.21. The van der Waals surface area contributed by atoms with Crippen LogP contribution >= 0.6 is 0 Å². The summed E-state index contributed by atoms with van der Waals surface area (Å²) >= 11 is 0. The summed E-state index contributed by atoms with van der Waals surface area (Å²) in [5.41, 5.74) is 2.70. The molecule has 0 unspecified atom stereocenters. The highest BCUT2D eigenvalue weighted by Crippen LogP contribution is 2.37. The maximum Gasteiger partial charge on any atom is 0.128 e. The smallest absolute Gasteiger partial charge is 0.128 e. The van der Waals surface area contributed by atoms with Crippen LogP contribution in [0.1, 0.15) is 25.3 Å². The normalized spacial score (nSPS) is 10.6. The van der Waals surface area contributed by atoms with Crippen molar-refractivity contribution >= 4 is 16.5 Å². The molecule has 25 heavy (non-hydrogen) atoms. The second kappa shape index (κ2) is 7.84. The fraction of sp³-hybridized carbons (Fsp3) is 0.227. The summed E-state index contributed by atoms with van der Waals surface area (Å²) in [6.45, 7) is 6.99. The predicted octanol–water partition coefficient (Wildman–Crippen LogP) is 5.70. The molecule has 128 valence electrons. The molecule has 2 aromatic carbocycles. The number of para-hydroxylation sites is 1. The highest BCUT2D eigenvalue weighted by molar-refractivity contribution is 5.97. The van der Waals surface area contributed by atoms with Gasteiger partial charge in [0.1, 0.15) is 11.5 Å². The Morgan fingerprint density at radius 3 is 2.64 bits per heavy atom. The van der Waals surface area contributed by atoms with E-state index in [1.807, 2.05) is 42.6 Å². The van der Waals surface area contributed by atoms with Gasteiger partial charge in [0.15, 0.2) is 0 Å². The van der Waals surface area contributed by atoms with Crippen molar-refractivity contribution in [2.75, 3.05) is 13.7 Å². The Labute approximate surface area is 148 Å². The Hall–Kier alpha value is -2.81. The first kappa shape index (κ1) is 17.0. The molecule has 0 amide bonds. The van der Waals surface area contributed by atoms with Crippen LogP contribution in [0.4, 0.5) is 0 Å². The van der Waals surface area contributed by atoms with Crippen LogP contribution in [0.15, 0.2) is 61.3 Å². The highest BCUT2D eigenvalue weighted by atomic mass is 16.5. The van der Waals surface area contributed by atoms with E-state index in [-0.39, 0.29) is 0 Å². The van der Waals surface area contributed by atoms with Gasteiger partial charge in [0.2, 0.25) is 0 Å². The molecule has 3 aromatic rings. The summed E-state index contributed by atoms with van der Waals surface area (Å²) in [7, 11) is 1.67. The maximum atomic E-state index is 5.94. The topological polar surface area (TPSA) is 31.4 Å². The second-order valence-electron chi connectivity index (χ2n) is 5.89. The van der Waals surface area contributed by atoms with Crippen LogP contribution in [-0.2, 0) is 4.74 Å². The van der Waals surface area contributed by atoms with E-state index in [4.69, 9.17) is 14.5 Å². The standard InChI is InChI=1S/C22H23NO2/c1-4-5-14-25-16(2)21-18-11-7-6-10-17(18)15-23-22(21)19-12-8-9-13-20(19)24-3/h6-13,15H,2,4-5,14H2,1,3H3. The molecular formula is C22H23NO2. The van der Waals surface area contributed by atoms with Crippen molar-refractivity contribution in [1.82, 2.24) is 4.98 Å². The zero-order valence-corrected chi connectivity index (χ0v) is 14.8. The molecule has 0 atom stereocenters. The number of hydrogen-bond acceptors (Lipinski definition) is 3. The fourth-order valence-electron chi connectivity index (χ4n) is 2.90. The average Bonchev–Trinajstić information content (AvgIpc) is 2.67. The number of rotatable bonds is 7. The molecule has 0 spiro atoms. The Morgan fingerprint density at radius 2 is 1.84 bits per heavy atom. The number of ether oxygens (including phenoxy) is 2. The first-order chi connectivity index (χ1) is 12.3. The van der Waals surface area contributed by atoms with E-state index < -0.39 is 0 Å². The monoisotopic (exact) mass is 333 g/mol. The minimum absolute atomic E-state index is 0.652. The molecular weight excluding hydrogens is 310 g/mol. The van der Waals surface area contributed by atoms with Gasteiger partial charge in [-0.05, 0) is 23.9 Å². The summed E-state index contributed by atoms with van der Waals surface area (Å²) in [6, 6.07) is 16.1. The van der Waals surface area contributed by atoms with E-state index >= 15 is 0 Å². The number of fused-ring (bicyclic) bond motifs is 1. The van der Waals surface area contributed by atoms with Crippen molar-refractivity contribution in [2.24, 2.45) is 0 Å². The minimum atomic E-state index is 0.652. The molecule has 3 heteroatoms. The lowest BCUT2D eigenvalue weighted by Crippen LogP contribution is -2.00. The SMILES string of the molecule is C=C(OCCCC)c1c(-c2ccccc2OC)ncc2ccccc12. The molecule has 3 rings (SSSR count). The van der Waals surface area contributed by atoms with Gasteiger partial charge < -0.3 is 9.47 Å². The number of pyridine rings is 1. The fourth-order valence-corrected chi connectivity index (χ4v) is 2.90. The van der Waals surface area contributed by atoms with Crippen LogP contribution < -0.4 is 4.74 Å². The molecule has 0 bridgehead atoms. The number of methoxy groups -OCH3 is 1. The third kappa shape index (κ3) is 3.50. The number of benzene rings is 2. The van der Waals surface area contributed by atoms with E-state index in [2.05, 4.69) is 25.6 Å². The van der Waals surface area contributed by atoms with E-state index in [1.165, 1.54) is 0 Å². The van der Waals surface area contributed by atoms with Gasteiger partial charge in [-0.15, -0.1) is 0 Å². The molecule has 1 heterocycles. The molecule has 0 aliphatic rings. The van der Waals surface area contributed by atoms with Crippen LogP contribution in [0, 0.1) is 0 Å². The number of unbranched alkanes of at least 4 members (excludes halogenated alkanes) is 1. The van der Waals surface area contributed by atoms with Crippen LogP contribution in [0.25, 0.3) is 27.8 Å². The Balaban J connectivity index is 2.18. The lowest BCUT2D eigenvalue weighted by Gasteiger charge is -2.17. The highest BCUT2D eigenvalue weighted by Gasteiger charge is 2.17. The molecule has 0 N–H and O–H groups in total. The quantitative estimate of drug-likeness (QED) is 0.411. The number of aromatic nitrogens is 1. The van der Waals surface area contributed by atoms with Crippen molar-refractivity contribution < 1.29 is 9.47 Å². The second-order valence-corrected chi connectivity index (χ2v) is 5.89. The largest absolute Gasteiger partial charge is 0.496 e. The molecule has 0 saturated carbocycles. The molecule has 1 aromatic heterocycles. The van der Waals surface area contributed by atoms with Crippen LogP contribution in [0.2, 0.25) is 0 Å². The van der Waals surface area contributed by atoms with Gasteiger partial charge >= 0.3 is 0 Å². The van der Waals surface area contributed by atoms with Gasteiger partial charge in [0.05, 0.1) is 25.0 Å². The summed E-state index contributed by atoms with van der Waals surface area (Å²) in [4.78, 5) is 4.71. The summed E-state index contributed by atoms with van der Waals surface area (Å²) < 4.78 is 11.5. The summed E-state index contributed by atoms with van der Waals surface area (Å²) in [6.07, 6.45) is 3.97. The van der Waals surface area contributed by atoms with Gasteiger partial charge in [-0.3, -0.25) is 4.98 Å². The van der Waals surface area contributed by atoms with Crippen molar-refractivity contribution in [1.29, 1.82) is 0 Å². The molecule has 0 fully saturated rings. The Morgan fingerprint density at radius 1 is 1.08 bits per heavy atom. The van der Waals surface area contributed by atoms with Gasteiger partial charge in [0, 0.05) is 17.1 Å². The number of hydrogen-bond donors (Lipinski definition) is 0. The molecule has 0 saturated heterocycles. The van der Waals surface area contributed by atoms with Gasteiger partial charge in [-0.2, -0.15) is 0 Å². The Kier molecular flexibility index (Phi) is 5.34. The molecule has 0 aliphatic heterocycles. The van der Waals surface area contributed by atoms with Crippen LogP contribution in [0.5, 0.6) is 5.75 Å². The van der Waals surface area contributed by atoms with Gasteiger partial charge in [0.25, 0.3) is 0 Å². The third-order valence-electron chi connectivity index (χ3n) is 4.21. The van der Waals surface area contributed by atoms with E-state index in [0.29, 0.717) is 12.4 Å². The first-order valence-electron chi connectivity index (χ1n) is 8.59. The van der Waals surface area contributed by atoms with E-state index in [9.17, 15) is 0 Å². The van der Waals surface area contributed by atoms with Gasteiger partial charge in [-0.1, -0.05) is 56.3 Å². The number of nitrogens with zero attached hydrogens (tertiary/aromatic N) is 1. The molecule has 0 radical (unpaired) electrons. The predicted molar refractivity (Wildman–Crippen MR) is 104 cm³/mol. The van der Waals surface area contributed by atoms with Crippen molar-refractivity contribution in [2.45, 2.75) is 19.8 Å². The maximum absolute atomic E-state index is 5.94. The van der Waals surface area contributed by atoms with Crippen LogP contribution in [0.3, 0.4) is 0 Å². The minimum Gasteiger partial charge on any atom is -0.496 e. The van der Waals surface area contributed by atoms with Gasteiger partial charge in [-0.25, -0.2) is 0 Å². The summed E-state index contributed by atoms with van der Waals surface area (Å²) in [5.74, 6) is 1.44. The first-order valence-corrected chi connectivity index (χ1v) is 8.59. The lowest BCUT2D eigenvalue weighted by molar-refractivity contribution is 0.271. The van der Waals surface area contributed by atoms with Crippen molar-refractivity contribution in [3.8, 4) is 17.0 Å². The van der Waals surface area contributed by atoms with Crippen molar-refractivity contribution in [3.63, 3.8) is 0 Å². The average molecular weight is 333 g/mol. The summed E-state index contributed by atoms with van der Waals surface area (Å²) in [5, 5.41) is 2.15. The lowest BCUT2D eigenvalue weighted by atomic mass is 9.98. The van der Waals surface area contributed by atoms with Crippen molar-refractivity contribution in [3.05, 3.63) is 66.9 Å². The zero-order valence-electron chi connectivity index (χ0n) is 14.8. The molecule has 0 aliphatic carbocycles. The van der Waals surface area contributed by atoms with E-state index in [0.717, 1.165) is 46.2 Å². The molecule has 3 nitrogen and oxygen atoms in total. The zero-order chi connectivity index (χ0) is 17.6. The Bertz CT molecular complexity index is 886. The van der Waals surface area contributed by atoms with Crippen LogP contribution in [-0.4, -0.2) is 18.7 Å². The van der Waals surface area contributed by atoms with E-state index in [1.54, 1.807) is 7.11 Å².